The Morgan fingerprint density at radius 1 is 1.15 bits per heavy atom. The molecule has 0 amide bonds. The molecule has 0 saturated carbocycles. The summed E-state index contributed by atoms with van der Waals surface area (Å²) >= 11 is 0. The average molecular weight is 455 g/mol. The highest BCUT2D eigenvalue weighted by atomic mass is 16.7. The molecule has 2 aromatic carbocycles. The van der Waals surface area contributed by atoms with E-state index in [2.05, 4.69) is 4.90 Å². The molecule has 0 aliphatic carbocycles. The molecule has 5 rings (SSSR count). The molecule has 0 bridgehead atoms. The number of carbonyl (C=O) groups excluding carboxylic acids is 1. The number of ether oxygens (including phenoxy) is 5. The lowest BCUT2D eigenvalue weighted by Gasteiger charge is -2.35. The SMILES string of the molecule is COc1c2c(cc3c1C(CC(=O)c1c(O)c(OC)c4occc4c1OC)N(C)CC3)OCO2. The van der Waals surface area contributed by atoms with Crippen LogP contribution in [0.25, 0.3) is 11.0 Å². The second kappa shape index (κ2) is 8.08. The Hall–Kier alpha value is -3.59. The van der Waals surface area contributed by atoms with Crippen LogP contribution in [0.5, 0.6) is 34.5 Å². The molecule has 1 unspecified atom stereocenters. The van der Waals surface area contributed by atoms with Gasteiger partial charge in [-0.1, -0.05) is 0 Å². The fourth-order valence-corrected chi connectivity index (χ4v) is 4.85. The van der Waals surface area contributed by atoms with E-state index in [4.69, 9.17) is 28.1 Å². The number of aromatic hydroxyl groups is 1. The molecule has 9 nitrogen and oxygen atoms in total. The predicted octanol–water partition coefficient (Wildman–Crippen LogP) is 3.69. The molecule has 1 atom stereocenters. The van der Waals surface area contributed by atoms with E-state index in [-0.39, 0.29) is 47.9 Å². The van der Waals surface area contributed by atoms with Crippen molar-refractivity contribution in [2.75, 3.05) is 41.7 Å². The largest absolute Gasteiger partial charge is 0.504 e. The van der Waals surface area contributed by atoms with Gasteiger partial charge in [0.1, 0.15) is 11.3 Å². The number of Topliss-reactive ketones (excluding diaryl/α,β-unsaturated/α-hetero) is 1. The van der Waals surface area contributed by atoms with Crippen molar-refractivity contribution in [2.45, 2.75) is 18.9 Å². The molecule has 0 saturated heterocycles. The van der Waals surface area contributed by atoms with E-state index in [1.165, 1.54) is 20.5 Å². The van der Waals surface area contributed by atoms with E-state index in [0.717, 1.165) is 24.1 Å². The second-order valence-electron chi connectivity index (χ2n) is 8.04. The van der Waals surface area contributed by atoms with E-state index in [0.29, 0.717) is 28.2 Å². The van der Waals surface area contributed by atoms with Crippen LogP contribution in [-0.4, -0.2) is 57.5 Å². The molecule has 2 aliphatic heterocycles. The summed E-state index contributed by atoms with van der Waals surface area (Å²) in [5, 5.41) is 11.5. The highest BCUT2D eigenvalue weighted by molar-refractivity contribution is 6.09. The minimum Gasteiger partial charge on any atom is -0.504 e. The number of nitrogens with zero attached hydrogens (tertiary/aromatic N) is 1. The van der Waals surface area contributed by atoms with Crippen LogP contribution >= 0.6 is 0 Å². The summed E-state index contributed by atoms with van der Waals surface area (Å²) in [6.45, 7) is 0.880. The maximum atomic E-state index is 13.7. The topological polar surface area (TPSA) is 99.8 Å². The zero-order valence-electron chi connectivity index (χ0n) is 18.9. The van der Waals surface area contributed by atoms with Crippen molar-refractivity contribution in [3.8, 4) is 34.5 Å². The van der Waals surface area contributed by atoms with Gasteiger partial charge in [-0.2, -0.15) is 0 Å². The smallest absolute Gasteiger partial charge is 0.231 e. The molecule has 1 N–H and O–H groups in total. The Morgan fingerprint density at radius 2 is 1.91 bits per heavy atom. The molecule has 1 aromatic heterocycles. The van der Waals surface area contributed by atoms with E-state index < -0.39 is 0 Å². The number of ketones is 1. The summed E-state index contributed by atoms with van der Waals surface area (Å²) in [5.41, 5.74) is 2.31. The number of fused-ring (bicyclic) bond motifs is 3. The van der Waals surface area contributed by atoms with E-state index >= 15 is 0 Å². The van der Waals surface area contributed by atoms with Gasteiger partial charge in [0.05, 0.1) is 33.0 Å². The first kappa shape index (κ1) is 21.3. The van der Waals surface area contributed by atoms with Crippen LogP contribution in [-0.2, 0) is 6.42 Å². The van der Waals surface area contributed by atoms with Gasteiger partial charge in [0, 0.05) is 24.6 Å². The first-order valence-corrected chi connectivity index (χ1v) is 10.6. The molecule has 0 spiro atoms. The van der Waals surface area contributed by atoms with E-state index in [1.54, 1.807) is 13.2 Å². The van der Waals surface area contributed by atoms with Crippen molar-refractivity contribution in [3.63, 3.8) is 0 Å². The van der Waals surface area contributed by atoms with Gasteiger partial charge in [-0.05, 0) is 31.2 Å². The summed E-state index contributed by atoms with van der Waals surface area (Å²) in [4.78, 5) is 15.8. The maximum absolute atomic E-state index is 13.7. The van der Waals surface area contributed by atoms with Crippen LogP contribution in [0.4, 0.5) is 0 Å². The number of carbonyl (C=O) groups is 1. The van der Waals surface area contributed by atoms with Gasteiger partial charge in [-0.3, -0.25) is 9.69 Å². The third-order valence-corrected chi connectivity index (χ3v) is 6.41. The molecular formula is C24H25NO8. The lowest BCUT2D eigenvalue weighted by atomic mass is 9.87. The van der Waals surface area contributed by atoms with Crippen LogP contribution in [0.2, 0.25) is 0 Å². The number of phenolic OH excluding ortho intramolecular Hbond substituents is 1. The van der Waals surface area contributed by atoms with Crippen molar-refractivity contribution in [3.05, 3.63) is 35.1 Å². The van der Waals surface area contributed by atoms with Crippen molar-refractivity contribution < 1.29 is 38.0 Å². The number of likely N-dealkylation sites (N-methyl/N-ethyl adjacent to an activating group) is 1. The Bertz CT molecular complexity index is 1250. The first-order chi connectivity index (χ1) is 16.0. The summed E-state index contributed by atoms with van der Waals surface area (Å²) < 4.78 is 33.3. The normalized spacial score (nSPS) is 17.2. The van der Waals surface area contributed by atoms with Gasteiger partial charge in [-0.25, -0.2) is 0 Å². The van der Waals surface area contributed by atoms with Crippen LogP contribution < -0.4 is 23.7 Å². The fourth-order valence-electron chi connectivity index (χ4n) is 4.85. The molecule has 9 heteroatoms. The number of rotatable bonds is 6. The van der Waals surface area contributed by atoms with Crippen molar-refractivity contribution in [1.82, 2.24) is 4.90 Å². The Balaban J connectivity index is 1.61. The summed E-state index contributed by atoms with van der Waals surface area (Å²) in [6, 6.07) is 3.34. The van der Waals surface area contributed by atoms with E-state index in [9.17, 15) is 9.90 Å². The van der Waals surface area contributed by atoms with Gasteiger partial charge in [0.2, 0.25) is 18.3 Å². The summed E-state index contributed by atoms with van der Waals surface area (Å²) in [5.74, 6) is 1.51. The fraction of sp³-hybridized carbons (Fsp3) is 0.375. The van der Waals surface area contributed by atoms with Gasteiger partial charge in [-0.15, -0.1) is 0 Å². The number of hydrogen-bond acceptors (Lipinski definition) is 9. The second-order valence-corrected chi connectivity index (χ2v) is 8.04. The molecular weight excluding hydrogens is 430 g/mol. The lowest BCUT2D eigenvalue weighted by Crippen LogP contribution is -2.34. The number of hydrogen-bond donors (Lipinski definition) is 1. The first-order valence-electron chi connectivity index (χ1n) is 10.6. The number of furan rings is 1. The summed E-state index contributed by atoms with van der Waals surface area (Å²) in [7, 11) is 6.41. The highest BCUT2D eigenvalue weighted by Gasteiger charge is 2.37. The number of phenols is 1. The van der Waals surface area contributed by atoms with E-state index in [1.807, 2.05) is 13.1 Å². The zero-order chi connectivity index (χ0) is 23.3. The Labute approximate surface area is 190 Å². The van der Waals surface area contributed by atoms with Gasteiger partial charge < -0.3 is 33.2 Å². The van der Waals surface area contributed by atoms with Gasteiger partial charge in [0.15, 0.2) is 28.6 Å². The van der Waals surface area contributed by atoms with Crippen LogP contribution in [0.3, 0.4) is 0 Å². The van der Waals surface area contributed by atoms with Gasteiger partial charge >= 0.3 is 0 Å². The number of benzene rings is 2. The molecule has 174 valence electrons. The standard InChI is InChI=1S/C24H25NO8/c1-25-7-5-12-9-16-22(33-11-32-16)23(29-3)17(12)14(25)10-15(26)18-19(27)24(30-4)21-13(6-8-31-21)20(18)28-2/h6,8-9,14,27H,5,7,10-11H2,1-4H3. The van der Waals surface area contributed by atoms with Crippen molar-refractivity contribution in [2.24, 2.45) is 0 Å². The van der Waals surface area contributed by atoms with Crippen LogP contribution in [0.1, 0.15) is 33.9 Å². The molecule has 3 aromatic rings. The van der Waals surface area contributed by atoms with Gasteiger partial charge in [0.25, 0.3) is 0 Å². The predicted molar refractivity (Wildman–Crippen MR) is 118 cm³/mol. The quantitative estimate of drug-likeness (QED) is 0.558. The highest BCUT2D eigenvalue weighted by Crippen LogP contribution is 2.51. The molecule has 3 heterocycles. The lowest BCUT2D eigenvalue weighted by molar-refractivity contribution is 0.0919. The van der Waals surface area contributed by atoms with Crippen LogP contribution in [0, 0.1) is 0 Å². The molecule has 0 fully saturated rings. The molecule has 2 aliphatic rings. The summed E-state index contributed by atoms with van der Waals surface area (Å²) in [6.07, 6.45) is 2.32. The van der Waals surface area contributed by atoms with Crippen molar-refractivity contribution in [1.29, 1.82) is 0 Å². The third-order valence-electron chi connectivity index (χ3n) is 6.41. The minimum atomic E-state index is -0.307. The Morgan fingerprint density at radius 3 is 2.64 bits per heavy atom. The zero-order valence-corrected chi connectivity index (χ0v) is 18.9. The third kappa shape index (κ3) is 3.14. The monoisotopic (exact) mass is 455 g/mol. The van der Waals surface area contributed by atoms with Crippen LogP contribution in [0.15, 0.2) is 22.8 Å². The maximum Gasteiger partial charge on any atom is 0.231 e. The average Bonchev–Trinajstić information content (AvgIpc) is 3.48. The number of methoxy groups -OCH3 is 3. The molecule has 0 radical (unpaired) electrons. The minimum absolute atomic E-state index is 0.0588. The molecule has 33 heavy (non-hydrogen) atoms. The Kier molecular flexibility index (Phi) is 5.20. The van der Waals surface area contributed by atoms with Crippen molar-refractivity contribution >= 4 is 16.8 Å².